The summed E-state index contributed by atoms with van der Waals surface area (Å²) < 4.78 is 14.8. The van der Waals surface area contributed by atoms with Gasteiger partial charge in [-0.15, -0.1) is 0 Å². The summed E-state index contributed by atoms with van der Waals surface area (Å²) in [5, 5.41) is 3.61. The topological polar surface area (TPSA) is 12.0 Å². The van der Waals surface area contributed by atoms with Crippen LogP contribution in [0.5, 0.6) is 0 Å². The SMILES string of the molecule is CCCNC1CCCCC(c2cccc(Br)c2F)C1. The number of hydrogen-bond acceptors (Lipinski definition) is 1. The Morgan fingerprint density at radius 3 is 2.89 bits per heavy atom. The molecule has 0 heterocycles. The first-order valence-corrected chi connectivity index (χ1v) is 8.19. The molecular formula is C16H23BrFN. The number of benzene rings is 1. The van der Waals surface area contributed by atoms with Crippen LogP contribution in [0.3, 0.4) is 0 Å². The summed E-state index contributed by atoms with van der Waals surface area (Å²) in [5.41, 5.74) is 0.888. The van der Waals surface area contributed by atoms with Crippen LogP contribution in [-0.4, -0.2) is 12.6 Å². The molecule has 0 aliphatic heterocycles. The molecule has 0 radical (unpaired) electrons. The molecule has 2 atom stereocenters. The van der Waals surface area contributed by atoms with Crippen LogP contribution in [0.25, 0.3) is 0 Å². The third-order valence-corrected chi connectivity index (χ3v) is 4.64. The molecule has 0 saturated heterocycles. The molecule has 1 aromatic rings. The summed E-state index contributed by atoms with van der Waals surface area (Å²) >= 11 is 3.30. The van der Waals surface area contributed by atoms with Crippen molar-refractivity contribution in [1.82, 2.24) is 5.32 Å². The van der Waals surface area contributed by atoms with E-state index in [2.05, 4.69) is 28.2 Å². The molecule has 1 nitrogen and oxygen atoms in total. The van der Waals surface area contributed by atoms with Crippen LogP contribution in [0.2, 0.25) is 0 Å². The lowest BCUT2D eigenvalue weighted by atomic mass is 9.90. The second-order valence-electron chi connectivity index (χ2n) is 5.51. The van der Waals surface area contributed by atoms with Crippen molar-refractivity contribution in [3.05, 3.63) is 34.1 Å². The molecule has 0 spiro atoms. The second-order valence-corrected chi connectivity index (χ2v) is 6.37. The molecule has 3 heteroatoms. The van der Waals surface area contributed by atoms with E-state index in [0.717, 1.165) is 31.4 Å². The van der Waals surface area contributed by atoms with Gasteiger partial charge in [-0.2, -0.15) is 0 Å². The highest BCUT2D eigenvalue weighted by Crippen LogP contribution is 2.35. The predicted molar refractivity (Wildman–Crippen MR) is 82.0 cm³/mol. The molecule has 1 aliphatic rings. The maximum atomic E-state index is 14.2. The van der Waals surface area contributed by atoms with Gasteiger partial charge in [-0.1, -0.05) is 31.9 Å². The fourth-order valence-corrected chi connectivity index (χ4v) is 3.39. The van der Waals surface area contributed by atoms with E-state index in [1.165, 1.54) is 19.3 Å². The summed E-state index contributed by atoms with van der Waals surface area (Å²) in [4.78, 5) is 0. The Balaban J connectivity index is 2.11. The first kappa shape index (κ1) is 15.0. The second kappa shape index (κ2) is 7.39. The van der Waals surface area contributed by atoms with E-state index in [0.29, 0.717) is 16.4 Å². The zero-order valence-corrected chi connectivity index (χ0v) is 13.2. The van der Waals surface area contributed by atoms with Crippen molar-refractivity contribution in [2.45, 2.75) is 57.4 Å². The maximum absolute atomic E-state index is 14.2. The van der Waals surface area contributed by atoms with Crippen LogP contribution >= 0.6 is 15.9 Å². The molecule has 1 aliphatic carbocycles. The van der Waals surface area contributed by atoms with E-state index in [-0.39, 0.29) is 5.82 Å². The van der Waals surface area contributed by atoms with Gasteiger partial charge in [0.15, 0.2) is 0 Å². The van der Waals surface area contributed by atoms with Crippen molar-refractivity contribution in [2.75, 3.05) is 6.54 Å². The average Bonchev–Trinajstić information content (AvgIpc) is 2.65. The van der Waals surface area contributed by atoms with Gasteiger partial charge in [0, 0.05) is 6.04 Å². The lowest BCUT2D eigenvalue weighted by molar-refractivity contribution is 0.432. The van der Waals surface area contributed by atoms with Crippen molar-refractivity contribution in [3.63, 3.8) is 0 Å². The molecule has 1 N–H and O–H groups in total. The van der Waals surface area contributed by atoms with E-state index in [4.69, 9.17) is 0 Å². The summed E-state index contributed by atoms with van der Waals surface area (Å²) in [6, 6.07) is 6.22. The minimum absolute atomic E-state index is 0.0661. The van der Waals surface area contributed by atoms with Gasteiger partial charge in [0.1, 0.15) is 5.82 Å². The molecule has 0 bridgehead atoms. The standard InChI is InChI=1S/C16H23BrFN/c1-2-10-19-13-7-4-3-6-12(11-13)14-8-5-9-15(17)16(14)18/h5,8-9,12-13,19H,2-4,6-7,10-11H2,1H3. The molecule has 2 rings (SSSR count). The van der Waals surface area contributed by atoms with E-state index < -0.39 is 0 Å². The van der Waals surface area contributed by atoms with Crippen LogP contribution in [-0.2, 0) is 0 Å². The highest BCUT2D eigenvalue weighted by Gasteiger charge is 2.23. The maximum Gasteiger partial charge on any atom is 0.140 e. The monoisotopic (exact) mass is 327 g/mol. The zero-order chi connectivity index (χ0) is 13.7. The lowest BCUT2D eigenvalue weighted by Gasteiger charge is -2.22. The summed E-state index contributed by atoms with van der Waals surface area (Å²) in [7, 11) is 0. The minimum Gasteiger partial charge on any atom is -0.314 e. The molecular weight excluding hydrogens is 305 g/mol. The Hall–Kier alpha value is -0.410. The fraction of sp³-hybridized carbons (Fsp3) is 0.625. The van der Waals surface area contributed by atoms with Crippen molar-refractivity contribution in [2.24, 2.45) is 0 Å². The van der Waals surface area contributed by atoms with Gasteiger partial charge in [0.2, 0.25) is 0 Å². The van der Waals surface area contributed by atoms with Crippen molar-refractivity contribution < 1.29 is 4.39 Å². The Morgan fingerprint density at radius 1 is 1.32 bits per heavy atom. The molecule has 106 valence electrons. The average molecular weight is 328 g/mol. The van der Waals surface area contributed by atoms with Gasteiger partial charge < -0.3 is 5.32 Å². The van der Waals surface area contributed by atoms with Crippen LogP contribution in [0.4, 0.5) is 4.39 Å². The Morgan fingerprint density at radius 2 is 2.11 bits per heavy atom. The van der Waals surface area contributed by atoms with Gasteiger partial charge in [0.25, 0.3) is 0 Å². The van der Waals surface area contributed by atoms with E-state index in [1.54, 1.807) is 6.07 Å². The molecule has 1 saturated carbocycles. The summed E-state index contributed by atoms with van der Waals surface area (Å²) in [5.74, 6) is 0.290. The Bertz CT molecular complexity index is 408. The highest BCUT2D eigenvalue weighted by atomic mass is 79.9. The van der Waals surface area contributed by atoms with Gasteiger partial charge >= 0.3 is 0 Å². The van der Waals surface area contributed by atoms with Gasteiger partial charge in [-0.05, 0) is 65.7 Å². The number of nitrogens with one attached hydrogen (secondary N) is 1. The van der Waals surface area contributed by atoms with Crippen LogP contribution < -0.4 is 5.32 Å². The molecule has 0 amide bonds. The van der Waals surface area contributed by atoms with Crippen molar-refractivity contribution in [1.29, 1.82) is 0 Å². The molecule has 19 heavy (non-hydrogen) atoms. The Kier molecular flexibility index (Phi) is 5.83. The Labute approximate surface area is 124 Å². The van der Waals surface area contributed by atoms with Gasteiger partial charge in [-0.3, -0.25) is 0 Å². The highest BCUT2D eigenvalue weighted by molar-refractivity contribution is 9.10. The zero-order valence-electron chi connectivity index (χ0n) is 11.6. The third-order valence-electron chi connectivity index (χ3n) is 4.03. The number of rotatable bonds is 4. The van der Waals surface area contributed by atoms with Crippen molar-refractivity contribution in [3.8, 4) is 0 Å². The van der Waals surface area contributed by atoms with E-state index in [9.17, 15) is 4.39 Å². The minimum atomic E-state index is -0.0661. The quantitative estimate of drug-likeness (QED) is 0.767. The normalized spacial score (nSPS) is 24.2. The fourth-order valence-electron chi connectivity index (χ4n) is 3.01. The van der Waals surface area contributed by atoms with Gasteiger partial charge in [0.05, 0.1) is 4.47 Å². The van der Waals surface area contributed by atoms with Gasteiger partial charge in [-0.25, -0.2) is 4.39 Å². The van der Waals surface area contributed by atoms with Crippen LogP contribution in [0.1, 0.15) is 56.9 Å². The molecule has 0 aromatic heterocycles. The molecule has 1 fully saturated rings. The number of hydrogen-bond donors (Lipinski definition) is 1. The first-order valence-electron chi connectivity index (χ1n) is 7.39. The number of halogens is 2. The molecule has 1 aromatic carbocycles. The van der Waals surface area contributed by atoms with E-state index >= 15 is 0 Å². The molecule has 2 unspecified atom stereocenters. The summed E-state index contributed by atoms with van der Waals surface area (Å²) in [6.45, 7) is 3.26. The summed E-state index contributed by atoms with van der Waals surface area (Å²) in [6.07, 6.45) is 7.03. The lowest BCUT2D eigenvalue weighted by Crippen LogP contribution is -2.30. The van der Waals surface area contributed by atoms with E-state index in [1.807, 2.05) is 12.1 Å². The predicted octanol–water partition coefficient (Wildman–Crippen LogP) is 5.00. The van der Waals surface area contributed by atoms with Crippen molar-refractivity contribution >= 4 is 15.9 Å². The smallest absolute Gasteiger partial charge is 0.140 e. The first-order chi connectivity index (χ1) is 9.22. The van der Waals surface area contributed by atoms with Crippen LogP contribution in [0.15, 0.2) is 22.7 Å². The third kappa shape index (κ3) is 4.03. The largest absolute Gasteiger partial charge is 0.314 e. The van der Waals surface area contributed by atoms with Crippen LogP contribution in [0, 0.1) is 5.82 Å².